The fraction of sp³-hybridized carbons (Fsp3) is 0.611. The van der Waals surface area contributed by atoms with E-state index in [4.69, 9.17) is 14.2 Å². The Labute approximate surface area is 131 Å². The maximum atomic E-state index is 12.5. The van der Waals surface area contributed by atoms with Gasteiger partial charge in [-0.1, -0.05) is 31.9 Å². The Morgan fingerprint density at radius 2 is 2.00 bits per heavy atom. The summed E-state index contributed by atoms with van der Waals surface area (Å²) in [5, 5.41) is 0. The van der Waals surface area contributed by atoms with Crippen molar-refractivity contribution in [1.29, 1.82) is 0 Å². The van der Waals surface area contributed by atoms with Crippen molar-refractivity contribution >= 4 is 5.97 Å². The predicted molar refractivity (Wildman–Crippen MR) is 82.8 cm³/mol. The van der Waals surface area contributed by atoms with Crippen LogP contribution in [0.3, 0.4) is 0 Å². The third kappa shape index (κ3) is 2.30. The quantitative estimate of drug-likeness (QED) is 0.439. The van der Waals surface area contributed by atoms with Gasteiger partial charge in [0.1, 0.15) is 11.4 Å². The second-order valence-corrected chi connectivity index (χ2v) is 6.18. The van der Waals surface area contributed by atoms with Crippen LogP contribution < -0.4 is 4.74 Å². The van der Waals surface area contributed by atoms with Gasteiger partial charge in [0.2, 0.25) is 0 Å². The van der Waals surface area contributed by atoms with Gasteiger partial charge >= 0.3 is 5.97 Å². The molecule has 1 saturated carbocycles. The van der Waals surface area contributed by atoms with Gasteiger partial charge in [-0.25, -0.2) is 4.79 Å². The molecule has 0 amide bonds. The lowest BCUT2D eigenvalue weighted by Gasteiger charge is -2.13. The van der Waals surface area contributed by atoms with Crippen LogP contribution in [0.4, 0.5) is 0 Å². The van der Waals surface area contributed by atoms with Crippen LogP contribution >= 0.6 is 0 Å². The highest BCUT2D eigenvalue weighted by atomic mass is 16.7. The minimum absolute atomic E-state index is 0.183. The standard InChI is InChI=1S/C18H24O4/c1-3-4-5-13-21-16(19)18-12-6-11-17(18,22-18)14-7-9-15(20-2)10-8-14/h7-10H,3-6,11-13H2,1-2H3. The van der Waals surface area contributed by atoms with Crippen LogP contribution in [0.5, 0.6) is 5.75 Å². The van der Waals surface area contributed by atoms with E-state index in [1.54, 1.807) is 7.11 Å². The molecule has 4 heteroatoms. The van der Waals surface area contributed by atoms with Crippen molar-refractivity contribution in [3.63, 3.8) is 0 Å². The molecule has 0 aromatic heterocycles. The summed E-state index contributed by atoms with van der Waals surface area (Å²) in [5.41, 5.74) is -0.161. The van der Waals surface area contributed by atoms with E-state index in [1.807, 2.05) is 24.3 Å². The van der Waals surface area contributed by atoms with E-state index in [-0.39, 0.29) is 5.97 Å². The van der Waals surface area contributed by atoms with Crippen LogP contribution in [0.1, 0.15) is 51.0 Å². The minimum atomic E-state index is -0.742. The Hall–Kier alpha value is -1.55. The Bertz CT molecular complexity index is 539. The molecule has 1 aliphatic carbocycles. The topological polar surface area (TPSA) is 48.1 Å². The van der Waals surface area contributed by atoms with Gasteiger partial charge in [-0.05, 0) is 43.4 Å². The molecule has 1 aliphatic heterocycles. The molecule has 2 atom stereocenters. The lowest BCUT2D eigenvalue weighted by atomic mass is 9.89. The molecule has 1 aromatic carbocycles. The summed E-state index contributed by atoms with van der Waals surface area (Å²) in [7, 11) is 1.65. The number of benzene rings is 1. The summed E-state index contributed by atoms with van der Waals surface area (Å²) in [6.45, 7) is 2.63. The van der Waals surface area contributed by atoms with Gasteiger partial charge in [0, 0.05) is 0 Å². The van der Waals surface area contributed by atoms with Gasteiger partial charge in [0.05, 0.1) is 13.7 Å². The highest BCUT2D eigenvalue weighted by Crippen LogP contribution is 2.66. The molecule has 1 heterocycles. The van der Waals surface area contributed by atoms with Gasteiger partial charge < -0.3 is 14.2 Å². The van der Waals surface area contributed by atoms with Crippen LogP contribution in [0.25, 0.3) is 0 Å². The summed E-state index contributed by atoms with van der Waals surface area (Å²) in [5.74, 6) is 0.628. The number of ether oxygens (including phenoxy) is 3. The molecule has 3 rings (SSSR count). The molecule has 4 nitrogen and oxygen atoms in total. The van der Waals surface area contributed by atoms with E-state index >= 15 is 0 Å². The van der Waals surface area contributed by atoms with E-state index in [0.29, 0.717) is 6.61 Å². The Morgan fingerprint density at radius 1 is 1.23 bits per heavy atom. The summed E-state index contributed by atoms with van der Waals surface area (Å²) in [4.78, 5) is 12.5. The molecular formula is C18H24O4. The first kappa shape index (κ1) is 15.3. The molecule has 0 radical (unpaired) electrons. The highest BCUT2D eigenvalue weighted by molar-refractivity contribution is 5.86. The fourth-order valence-electron chi connectivity index (χ4n) is 3.60. The van der Waals surface area contributed by atoms with Gasteiger partial charge in [-0.3, -0.25) is 0 Å². The zero-order chi connectivity index (χ0) is 15.6. The zero-order valence-electron chi connectivity index (χ0n) is 13.4. The number of rotatable bonds is 7. The van der Waals surface area contributed by atoms with E-state index < -0.39 is 11.2 Å². The SMILES string of the molecule is CCCCCOC(=O)C12CCCC1(c1ccc(OC)cc1)O2. The van der Waals surface area contributed by atoms with E-state index in [0.717, 1.165) is 49.8 Å². The van der Waals surface area contributed by atoms with Crippen LogP contribution in [0.2, 0.25) is 0 Å². The molecule has 0 N–H and O–H groups in total. The number of fused-ring (bicyclic) bond motifs is 1. The number of esters is 1. The lowest BCUT2D eigenvalue weighted by Crippen LogP contribution is -2.30. The molecule has 2 unspecified atom stereocenters. The van der Waals surface area contributed by atoms with Crippen molar-refractivity contribution in [2.45, 2.75) is 56.7 Å². The van der Waals surface area contributed by atoms with Crippen LogP contribution in [-0.2, 0) is 19.9 Å². The number of carbonyl (C=O) groups excluding carboxylic acids is 1. The fourth-order valence-corrected chi connectivity index (χ4v) is 3.60. The van der Waals surface area contributed by atoms with Crippen LogP contribution in [-0.4, -0.2) is 25.3 Å². The molecule has 120 valence electrons. The smallest absolute Gasteiger partial charge is 0.341 e. The minimum Gasteiger partial charge on any atom is -0.497 e. The van der Waals surface area contributed by atoms with Crippen LogP contribution in [0.15, 0.2) is 24.3 Å². The highest BCUT2D eigenvalue weighted by Gasteiger charge is 2.78. The Morgan fingerprint density at radius 3 is 2.68 bits per heavy atom. The lowest BCUT2D eigenvalue weighted by molar-refractivity contribution is -0.150. The van der Waals surface area contributed by atoms with Crippen molar-refractivity contribution in [2.24, 2.45) is 0 Å². The van der Waals surface area contributed by atoms with Gasteiger partial charge in [-0.15, -0.1) is 0 Å². The van der Waals surface area contributed by atoms with Crippen molar-refractivity contribution in [3.8, 4) is 5.75 Å². The van der Waals surface area contributed by atoms with Gasteiger partial charge in [0.15, 0.2) is 5.60 Å². The molecule has 2 aliphatic rings. The maximum Gasteiger partial charge on any atom is 0.341 e. The molecule has 0 spiro atoms. The third-order valence-electron chi connectivity index (χ3n) is 4.88. The summed E-state index contributed by atoms with van der Waals surface area (Å²) < 4.78 is 16.7. The molecular weight excluding hydrogens is 280 g/mol. The van der Waals surface area contributed by atoms with Gasteiger partial charge in [0.25, 0.3) is 0 Å². The zero-order valence-corrected chi connectivity index (χ0v) is 13.4. The van der Waals surface area contributed by atoms with Crippen molar-refractivity contribution in [1.82, 2.24) is 0 Å². The van der Waals surface area contributed by atoms with Crippen molar-refractivity contribution < 1.29 is 19.0 Å². The Kier molecular flexibility index (Phi) is 4.13. The van der Waals surface area contributed by atoms with Crippen LogP contribution in [0, 0.1) is 0 Å². The maximum absolute atomic E-state index is 12.5. The molecule has 22 heavy (non-hydrogen) atoms. The predicted octanol–water partition coefficient (Wildman–Crippen LogP) is 3.58. The molecule has 1 aromatic rings. The molecule has 1 saturated heterocycles. The first-order chi connectivity index (χ1) is 10.7. The normalized spacial score (nSPS) is 29.0. The number of methoxy groups -OCH3 is 1. The summed E-state index contributed by atoms with van der Waals surface area (Å²) in [6, 6.07) is 7.83. The first-order valence-electron chi connectivity index (χ1n) is 8.20. The van der Waals surface area contributed by atoms with E-state index in [9.17, 15) is 4.79 Å². The van der Waals surface area contributed by atoms with Gasteiger partial charge in [-0.2, -0.15) is 0 Å². The van der Waals surface area contributed by atoms with Crippen molar-refractivity contribution in [2.75, 3.05) is 13.7 Å². The van der Waals surface area contributed by atoms with E-state index in [2.05, 4.69) is 6.92 Å². The largest absolute Gasteiger partial charge is 0.497 e. The second-order valence-electron chi connectivity index (χ2n) is 6.18. The summed E-state index contributed by atoms with van der Waals surface area (Å²) >= 11 is 0. The third-order valence-corrected chi connectivity index (χ3v) is 4.88. The monoisotopic (exact) mass is 304 g/mol. The molecule has 0 bridgehead atoms. The number of hydrogen-bond acceptors (Lipinski definition) is 4. The van der Waals surface area contributed by atoms with E-state index in [1.165, 1.54) is 0 Å². The van der Waals surface area contributed by atoms with Crippen molar-refractivity contribution in [3.05, 3.63) is 29.8 Å². The molecule has 2 fully saturated rings. The number of hydrogen-bond donors (Lipinski definition) is 0. The average molecular weight is 304 g/mol. The number of carbonyl (C=O) groups is 1. The number of unbranched alkanes of at least 4 members (excludes halogenated alkanes) is 2. The Balaban J connectivity index is 1.70. The summed E-state index contributed by atoms with van der Waals surface area (Å²) in [6.07, 6.45) is 5.76. The first-order valence-corrected chi connectivity index (χ1v) is 8.20. The second kappa shape index (κ2) is 5.92. The number of epoxide rings is 1. The average Bonchev–Trinajstić information content (AvgIpc) is 3.09.